The van der Waals surface area contributed by atoms with Gasteiger partial charge in [-0.05, 0) is 6.42 Å². The third kappa shape index (κ3) is 17.4. The van der Waals surface area contributed by atoms with Crippen molar-refractivity contribution < 1.29 is 19.1 Å². The topological polar surface area (TPSA) is 35.5 Å². The second kappa shape index (κ2) is 14.0. The molecule has 0 saturated carbocycles. The number of nitrogens with zero attached hydrogens (tertiary/aromatic N) is 1. The molecule has 0 unspecified atom stereocenters. The molecule has 132 valence electrons. The number of hydrogen-bond donors (Lipinski definition) is 0. The SMILES string of the molecule is CCCCCCCCCCCCC(=O)OOCC[N+](C)(C)C. The van der Waals surface area contributed by atoms with Crippen LogP contribution in [-0.4, -0.2) is 44.7 Å². The van der Waals surface area contributed by atoms with Crippen LogP contribution >= 0.6 is 0 Å². The lowest BCUT2D eigenvalue weighted by Crippen LogP contribution is -2.37. The quantitative estimate of drug-likeness (QED) is 0.193. The van der Waals surface area contributed by atoms with Gasteiger partial charge in [0.2, 0.25) is 0 Å². The number of rotatable bonds is 15. The lowest BCUT2D eigenvalue weighted by Gasteiger charge is -2.22. The normalized spacial score (nSPS) is 11.6. The van der Waals surface area contributed by atoms with Gasteiger partial charge in [-0.15, -0.1) is 0 Å². The largest absolute Gasteiger partial charge is 0.342 e. The van der Waals surface area contributed by atoms with Crippen LogP contribution in [0.15, 0.2) is 0 Å². The summed E-state index contributed by atoms with van der Waals surface area (Å²) in [6.07, 6.45) is 13.2. The number of carbonyl (C=O) groups is 1. The minimum absolute atomic E-state index is 0.235. The van der Waals surface area contributed by atoms with E-state index in [1.54, 1.807) is 0 Å². The van der Waals surface area contributed by atoms with E-state index in [1.807, 2.05) is 0 Å². The molecule has 0 fully saturated rings. The first kappa shape index (κ1) is 21.4. The summed E-state index contributed by atoms with van der Waals surface area (Å²) in [5.41, 5.74) is 0. The molecule has 0 N–H and O–H groups in total. The summed E-state index contributed by atoms with van der Waals surface area (Å²) in [6, 6.07) is 0. The second-order valence-corrected chi connectivity index (χ2v) is 7.22. The zero-order valence-corrected chi connectivity index (χ0v) is 15.4. The van der Waals surface area contributed by atoms with Crippen LogP contribution in [0.5, 0.6) is 0 Å². The molecule has 4 nitrogen and oxygen atoms in total. The average molecular weight is 317 g/mol. The Hall–Kier alpha value is -0.610. The van der Waals surface area contributed by atoms with Gasteiger partial charge in [0.05, 0.1) is 21.1 Å². The molecule has 0 aromatic carbocycles. The molecule has 0 aromatic heterocycles. The van der Waals surface area contributed by atoms with E-state index in [-0.39, 0.29) is 5.97 Å². The predicted octanol–water partition coefficient (Wildman–Crippen LogP) is 4.48. The minimum atomic E-state index is -0.235. The average Bonchev–Trinajstić information content (AvgIpc) is 2.44. The van der Waals surface area contributed by atoms with E-state index in [0.717, 1.165) is 23.9 Å². The van der Waals surface area contributed by atoms with Crippen LogP contribution in [-0.2, 0) is 14.6 Å². The monoisotopic (exact) mass is 316 g/mol. The third-order valence-corrected chi connectivity index (χ3v) is 3.73. The highest BCUT2D eigenvalue weighted by molar-refractivity contribution is 5.68. The lowest BCUT2D eigenvalue weighted by molar-refractivity contribution is -0.871. The maximum Gasteiger partial charge on any atom is 0.342 e. The first-order chi connectivity index (χ1) is 10.5. The molecule has 0 radical (unpaired) electrons. The van der Waals surface area contributed by atoms with E-state index in [1.165, 1.54) is 51.4 Å². The summed E-state index contributed by atoms with van der Waals surface area (Å²) in [4.78, 5) is 21.2. The van der Waals surface area contributed by atoms with Crippen molar-refractivity contribution >= 4 is 5.97 Å². The van der Waals surface area contributed by atoms with Crippen molar-refractivity contribution in [1.82, 2.24) is 0 Å². The number of unbranched alkanes of at least 4 members (excludes halogenated alkanes) is 9. The van der Waals surface area contributed by atoms with Crippen molar-refractivity contribution in [2.24, 2.45) is 0 Å². The molecule has 0 spiro atoms. The molecule has 0 rings (SSSR count). The molecule has 4 heteroatoms. The van der Waals surface area contributed by atoms with Crippen molar-refractivity contribution in [3.63, 3.8) is 0 Å². The Labute approximate surface area is 137 Å². The van der Waals surface area contributed by atoms with Gasteiger partial charge in [0.25, 0.3) is 0 Å². The van der Waals surface area contributed by atoms with E-state index in [9.17, 15) is 4.79 Å². The van der Waals surface area contributed by atoms with Crippen LogP contribution in [0.3, 0.4) is 0 Å². The Morgan fingerprint density at radius 1 is 0.818 bits per heavy atom. The van der Waals surface area contributed by atoms with Gasteiger partial charge in [0.15, 0.2) is 0 Å². The first-order valence-corrected chi connectivity index (χ1v) is 9.08. The molecule has 0 heterocycles. The number of likely N-dealkylation sites (N-methyl/N-ethyl adjacent to an activating group) is 1. The summed E-state index contributed by atoms with van der Waals surface area (Å²) in [6.45, 7) is 3.53. The smallest absolute Gasteiger partial charge is 0.329 e. The predicted molar refractivity (Wildman–Crippen MR) is 91.4 cm³/mol. The van der Waals surface area contributed by atoms with Gasteiger partial charge in [0.1, 0.15) is 13.2 Å². The highest BCUT2D eigenvalue weighted by Gasteiger charge is 2.08. The van der Waals surface area contributed by atoms with Crippen molar-refractivity contribution in [1.29, 1.82) is 0 Å². The molecule has 0 atom stereocenters. The summed E-state index contributed by atoms with van der Waals surface area (Å²) in [5.74, 6) is -0.235. The van der Waals surface area contributed by atoms with Gasteiger partial charge in [-0.2, -0.15) is 4.89 Å². The van der Waals surface area contributed by atoms with Crippen LogP contribution in [0, 0.1) is 0 Å². The van der Waals surface area contributed by atoms with E-state index in [0.29, 0.717) is 13.0 Å². The first-order valence-electron chi connectivity index (χ1n) is 9.08. The number of hydrogen-bond acceptors (Lipinski definition) is 3. The molecule has 0 bridgehead atoms. The van der Waals surface area contributed by atoms with Crippen molar-refractivity contribution in [3.8, 4) is 0 Å². The van der Waals surface area contributed by atoms with Gasteiger partial charge < -0.3 is 4.48 Å². The van der Waals surface area contributed by atoms with Crippen LogP contribution in [0.1, 0.15) is 77.6 Å². The van der Waals surface area contributed by atoms with E-state index >= 15 is 0 Å². The minimum Gasteiger partial charge on any atom is -0.329 e. The standard InChI is InChI=1S/C18H38NO3/c1-5-6-7-8-9-10-11-12-13-14-15-18(20)22-21-17-16-19(2,3)4/h5-17H2,1-4H3/q+1. The molecule has 0 aromatic rings. The summed E-state index contributed by atoms with van der Waals surface area (Å²) >= 11 is 0. The van der Waals surface area contributed by atoms with E-state index < -0.39 is 0 Å². The van der Waals surface area contributed by atoms with Gasteiger partial charge in [-0.1, -0.05) is 64.7 Å². The highest BCUT2D eigenvalue weighted by Crippen LogP contribution is 2.11. The maximum absolute atomic E-state index is 11.5. The van der Waals surface area contributed by atoms with Gasteiger partial charge in [0, 0.05) is 6.42 Å². The number of carbonyl (C=O) groups excluding carboxylic acids is 1. The fourth-order valence-electron chi connectivity index (χ4n) is 2.22. The molecular weight excluding hydrogens is 278 g/mol. The summed E-state index contributed by atoms with van der Waals surface area (Å²) in [5, 5.41) is 0. The maximum atomic E-state index is 11.5. The Kier molecular flexibility index (Phi) is 13.6. The van der Waals surface area contributed by atoms with Crippen LogP contribution in [0.2, 0.25) is 0 Å². The summed E-state index contributed by atoms with van der Waals surface area (Å²) in [7, 11) is 6.24. The fourth-order valence-corrected chi connectivity index (χ4v) is 2.22. The third-order valence-electron chi connectivity index (χ3n) is 3.73. The van der Waals surface area contributed by atoms with Gasteiger partial charge in [-0.3, -0.25) is 4.89 Å². The Bertz CT molecular complexity index is 262. The zero-order chi connectivity index (χ0) is 16.7. The Balaban J connectivity index is 3.22. The lowest BCUT2D eigenvalue weighted by atomic mass is 10.1. The molecule has 0 aliphatic rings. The zero-order valence-electron chi connectivity index (χ0n) is 15.4. The van der Waals surface area contributed by atoms with Crippen molar-refractivity contribution in [2.45, 2.75) is 77.6 Å². The molecule has 0 aliphatic carbocycles. The second-order valence-electron chi connectivity index (χ2n) is 7.22. The Morgan fingerprint density at radius 2 is 1.32 bits per heavy atom. The van der Waals surface area contributed by atoms with Crippen molar-refractivity contribution in [3.05, 3.63) is 0 Å². The molecule has 0 saturated heterocycles. The summed E-state index contributed by atoms with van der Waals surface area (Å²) < 4.78 is 0.802. The van der Waals surface area contributed by atoms with Crippen LogP contribution < -0.4 is 0 Å². The highest BCUT2D eigenvalue weighted by atomic mass is 17.2. The number of quaternary nitrogens is 1. The van der Waals surface area contributed by atoms with E-state index in [4.69, 9.17) is 9.78 Å². The Morgan fingerprint density at radius 3 is 1.82 bits per heavy atom. The van der Waals surface area contributed by atoms with Crippen LogP contribution in [0.4, 0.5) is 0 Å². The molecule has 22 heavy (non-hydrogen) atoms. The van der Waals surface area contributed by atoms with Gasteiger partial charge >= 0.3 is 5.97 Å². The van der Waals surface area contributed by atoms with Gasteiger partial charge in [-0.25, -0.2) is 4.79 Å². The van der Waals surface area contributed by atoms with E-state index in [2.05, 4.69) is 28.1 Å². The fraction of sp³-hybridized carbons (Fsp3) is 0.944. The molecule has 0 amide bonds. The molecule has 0 aliphatic heterocycles. The van der Waals surface area contributed by atoms with Crippen molar-refractivity contribution in [2.75, 3.05) is 34.3 Å². The van der Waals surface area contributed by atoms with Crippen LogP contribution in [0.25, 0.3) is 0 Å². The molecular formula is C18H38NO3+.